The van der Waals surface area contributed by atoms with Crippen molar-refractivity contribution in [1.82, 2.24) is 4.90 Å². The van der Waals surface area contributed by atoms with E-state index in [9.17, 15) is 31.1 Å². The van der Waals surface area contributed by atoms with Gasteiger partial charge in [0.05, 0.1) is 11.1 Å². The molecule has 0 N–H and O–H groups in total. The Balaban J connectivity index is 2.04. The SMILES string of the molecule is CN1CC(=Cc2ccccc2C(F)(F)F)C(=O)C(=Cc2ccccc2C(F)(F)F)C1. The van der Waals surface area contributed by atoms with Gasteiger partial charge in [-0.25, -0.2) is 0 Å². The molecule has 2 aromatic carbocycles. The number of piperidine rings is 1. The van der Waals surface area contributed by atoms with Crippen LogP contribution in [-0.4, -0.2) is 30.8 Å². The first kappa shape index (κ1) is 21.8. The van der Waals surface area contributed by atoms with E-state index < -0.39 is 29.3 Å². The largest absolute Gasteiger partial charge is 0.416 e. The van der Waals surface area contributed by atoms with Gasteiger partial charge in [0.25, 0.3) is 0 Å². The van der Waals surface area contributed by atoms with Gasteiger partial charge in [-0.15, -0.1) is 0 Å². The van der Waals surface area contributed by atoms with E-state index in [0.717, 1.165) is 24.3 Å². The van der Waals surface area contributed by atoms with Gasteiger partial charge in [-0.05, 0) is 42.5 Å². The van der Waals surface area contributed by atoms with Gasteiger partial charge in [0.1, 0.15) is 0 Å². The number of Topliss-reactive ketones (excluding diaryl/α,β-unsaturated/α-hetero) is 1. The minimum atomic E-state index is -4.60. The lowest BCUT2D eigenvalue weighted by molar-refractivity contribution is -0.138. The number of alkyl halides is 6. The van der Waals surface area contributed by atoms with Crippen LogP contribution in [-0.2, 0) is 17.1 Å². The molecule has 2 nitrogen and oxygen atoms in total. The molecule has 1 heterocycles. The van der Waals surface area contributed by atoms with Gasteiger partial charge in [0.2, 0.25) is 0 Å². The lowest BCUT2D eigenvalue weighted by Gasteiger charge is -2.26. The van der Waals surface area contributed by atoms with E-state index in [0.29, 0.717) is 0 Å². The van der Waals surface area contributed by atoms with Gasteiger partial charge in [-0.3, -0.25) is 9.69 Å². The maximum absolute atomic E-state index is 13.3. The molecule has 0 saturated carbocycles. The molecule has 1 fully saturated rings. The van der Waals surface area contributed by atoms with Crippen LogP contribution in [0.1, 0.15) is 22.3 Å². The third-order valence-electron chi connectivity index (χ3n) is 4.66. The van der Waals surface area contributed by atoms with E-state index in [1.807, 2.05) is 0 Å². The maximum atomic E-state index is 13.3. The van der Waals surface area contributed by atoms with Crippen LogP contribution in [0.4, 0.5) is 26.3 Å². The average molecular weight is 425 g/mol. The summed E-state index contributed by atoms with van der Waals surface area (Å²) in [7, 11) is 1.64. The molecular formula is C22H17F6NO. The Kier molecular flexibility index (Phi) is 5.90. The fraction of sp³-hybridized carbons (Fsp3) is 0.227. The predicted molar refractivity (Wildman–Crippen MR) is 101 cm³/mol. The number of benzene rings is 2. The lowest BCUT2D eigenvalue weighted by Crippen LogP contribution is -2.34. The molecule has 2 aromatic rings. The zero-order chi connectivity index (χ0) is 22.1. The van der Waals surface area contributed by atoms with Gasteiger partial charge in [0.15, 0.2) is 5.78 Å². The molecule has 8 heteroatoms. The van der Waals surface area contributed by atoms with E-state index in [4.69, 9.17) is 0 Å². The smallest absolute Gasteiger partial charge is 0.298 e. The summed E-state index contributed by atoms with van der Waals surface area (Å²) in [5.41, 5.74) is -1.94. The monoisotopic (exact) mass is 425 g/mol. The Hall–Kier alpha value is -2.87. The summed E-state index contributed by atoms with van der Waals surface area (Å²) in [4.78, 5) is 14.5. The Morgan fingerprint density at radius 1 is 0.733 bits per heavy atom. The molecule has 0 amide bonds. The third kappa shape index (κ3) is 4.81. The summed E-state index contributed by atoms with van der Waals surface area (Å²) in [5.74, 6) is -0.568. The third-order valence-corrected chi connectivity index (χ3v) is 4.66. The molecule has 1 saturated heterocycles. The van der Waals surface area contributed by atoms with Gasteiger partial charge < -0.3 is 0 Å². The Morgan fingerprint density at radius 2 is 1.10 bits per heavy atom. The summed E-state index contributed by atoms with van der Waals surface area (Å²) in [5, 5.41) is 0. The highest BCUT2D eigenvalue weighted by atomic mass is 19.4. The number of likely N-dealkylation sites (N-methyl/N-ethyl adjacent to an activating group) is 1. The molecular weight excluding hydrogens is 408 g/mol. The van der Waals surface area contributed by atoms with E-state index >= 15 is 0 Å². The van der Waals surface area contributed by atoms with Crippen molar-refractivity contribution in [3.05, 3.63) is 81.9 Å². The van der Waals surface area contributed by atoms with Crippen LogP contribution >= 0.6 is 0 Å². The summed E-state index contributed by atoms with van der Waals surface area (Å²) in [6.07, 6.45) is -6.88. The van der Waals surface area contributed by atoms with Crippen molar-refractivity contribution < 1.29 is 31.1 Å². The van der Waals surface area contributed by atoms with Gasteiger partial charge >= 0.3 is 12.4 Å². The molecule has 158 valence electrons. The minimum absolute atomic E-state index is 0.0798. The van der Waals surface area contributed by atoms with Gasteiger partial charge in [-0.1, -0.05) is 36.4 Å². The Labute approximate surface area is 169 Å². The molecule has 1 aliphatic heterocycles. The number of carbonyl (C=O) groups is 1. The highest BCUT2D eigenvalue weighted by Gasteiger charge is 2.34. The number of nitrogens with zero attached hydrogens (tertiary/aromatic N) is 1. The number of halogens is 6. The molecule has 0 unspecified atom stereocenters. The second-order valence-electron chi connectivity index (χ2n) is 7.01. The second-order valence-corrected chi connectivity index (χ2v) is 7.01. The second kappa shape index (κ2) is 8.10. The lowest BCUT2D eigenvalue weighted by atomic mass is 9.92. The van der Waals surface area contributed by atoms with E-state index in [-0.39, 0.29) is 35.4 Å². The normalized spacial score (nSPS) is 19.0. The van der Waals surface area contributed by atoms with Gasteiger partial charge in [-0.2, -0.15) is 26.3 Å². The van der Waals surface area contributed by atoms with Crippen LogP contribution in [0.3, 0.4) is 0 Å². The molecule has 3 rings (SSSR count). The molecule has 0 atom stereocenters. The Bertz CT molecular complexity index is 937. The summed E-state index contributed by atoms with van der Waals surface area (Å²) < 4.78 is 79.5. The number of hydrogen-bond donors (Lipinski definition) is 0. The van der Waals surface area contributed by atoms with Crippen LogP contribution in [0.25, 0.3) is 12.2 Å². The molecule has 0 bridgehead atoms. The highest BCUT2D eigenvalue weighted by molar-refractivity contribution is 6.14. The number of hydrogen-bond acceptors (Lipinski definition) is 2. The van der Waals surface area contributed by atoms with E-state index in [1.165, 1.54) is 36.4 Å². The zero-order valence-electron chi connectivity index (χ0n) is 15.8. The summed E-state index contributed by atoms with van der Waals surface area (Å²) in [6.45, 7) is 0.173. The number of carbonyl (C=O) groups excluding carboxylic acids is 1. The van der Waals surface area contributed by atoms with Gasteiger partial charge in [0, 0.05) is 24.2 Å². The molecule has 0 aliphatic carbocycles. The van der Waals surface area contributed by atoms with Crippen LogP contribution in [0.5, 0.6) is 0 Å². The van der Waals surface area contributed by atoms with E-state index in [2.05, 4.69) is 0 Å². The van der Waals surface area contributed by atoms with Crippen molar-refractivity contribution >= 4 is 17.9 Å². The van der Waals surface area contributed by atoms with Crippen LogP contribution < -0.4 is 0 Å². The molecule has 30 heavy (non-hydrogen) atoms. The van der Waals surface area contributed by atoms with Crippen LogP contribution in [0.15, 0.2) is 59.7 Å². The molecule has 0 radical (unpaired) electrons. The van der Waals surface area contributed by atoms with Crippen molar-refractivity contribution in [3.8, 4) is 0 Å². The summed E-state index contributed by atoms with van der Waals surface area (Å²) in [6, 6.07) is 9.68. The standard InChI is InChI=1S/C22H17F6NO/c1-29-12-16(10-14-6-2-4-8-18(14)21(23,24)25)20(30)17(13-29)11-15-7-3-5-9-19(15)22(26,27)28/h2-11H,12-13H2,1H3. The van der Waals surface area contributed by atoms with Crippen LogP contribution in [0, 0.1) is 0 Å². The fourth-order valence-electron chi connectivity index (χ4n) is 3.35. The fourth-order valence-corrected chi connectivity index (χ4v) is 3.35. The highest BCUT2D eigenvalue weighted by Crippen LogP contribution is 2.35. The number of likely N-dealkylation sites (tertiary alicyclic amines) is 1. The topological polar surface area (TPSA) is 20.3 Å². The predicted octanol–water partition coefficient (Wildman–Crippen LogP) is 5.71. The molecule has 1 aliphatic rings. The average Bonchev–Trinajstić information content (AvgIpc) is 2.64. The number of rotatable bonds is 2. The summed E-state index contributed by atoms with van der Waals surface area (Å²) >= 11 is 0. The first-order valence-corrected chi connectivity index (χ1v) is 8.93. The molecule has 0 spiro atoms. The van der Waals surface area contributed by atoms with Crippen molar-refractivity contribution in [2.45, 2.75) is 12.4 Å². The zero-order valence-corrected chi connectivity index (χ0v) is 15.8. The van der Waals surface area contributed by atoms with Crippen LogP contribution in [0.2, 0.25) is 0 Å². The van der Waals surface area contributed by atoms with Crippen molar-refractivity contribution in [3.63, 3.8) is 0 Å². The minimum Gasteiger partial charge on any atom is -0.298 e. The first-order chi connectivity index (χ1) is 14.0. The first-order valence-electron chi connectivity index (χ1n) is 8.93. The van der Waals surface area contributed by atoms with Crippen molar-refractivity contribution in [1.29, 1.82) is 0 Å². The Morgan fingerprint density at radius 3 is 1.47 bits per heavy atom. The number of ketones is 1. The quantitative estimate of drug-likeness (QED) is 0.454. The van der Waals surface area contributed by atoms with Crippen molar-refractivity contribution in [2.24, 2.45) is 0 Å². The van der Waals surface area contributed by atoms with E-state index in [1.54, 1.807) is 11.9 Å². The maximum Gasteiger partial charge on any atom is 0.416 e. The van der Waals surface area contributed by atoms with Crippen molar-refractivity contribution in [2.75, 3.05) is 20.1 Å². The molecule has 0 aromatic heterocycles.